The van der Waals surface area contributed by atoms with Crippen molar-refractivity contribution in [1.82, 2.24) is 4.98 Å². The van der Waals surface area contributed by atoms with Gasteiger partial charge in [-0.05, 0) is 9.91 Å². The van der Waals surface area contributed by atoms with Crippen LogP contribution in [0.25, 0.3) is 0 Å². The number of nitrogens with zero attached hydrogens (tertiary/aromatic N) is 2. The second-order valence-electron chi connectivity index (χ2n) is 2.44. The zero-order chi connectivity index (χ0) is 11.6. The van der Waals surface area contributed by atoms with E-state index in [1.165, 1.54) is 0 Å². The lowest BCUT2D eigenvalue weighted by Gasteiger charge is -2.06. The summed E-state index contributed by atoms with van der Waals surface area (Å²) in [7, 11) is 1.00. The van der Waals surface area contributed by atoms with E-state index >= 15 is 0 Å². The third-order valence-corrected chi connectivity index (χ3v) is 1.58. The van der Waals surface area contributed by atoms with E-state index in [0.717, 1.165) is 7.11 Å². The number of ether oxygens (including phenoxy) is 1. The number of pyridine rings is 1. The monoisotopic (exact) mass is 222 g/mol. The van der Waals surface area contributed by atoms with Gasteiger partial charge in [0.2, 0.25) is 0 Å². The van der Waals surface area contributed by atoms with Crippen molar-refractivity contribution in [2.24, 2.45) is 0 Å². The highest BCUT2D eigenvalue weighted by molar-refractivity contribution is 5.45. The highest BCUT2D eigenvalue weighted by Gasteiger charge is 2.30. The molecule has 0 N–H and O–H groups in total. The van der Waals surface area contributed by atoms with Crippen molar-refractivity contribution in [2.75, 3.05) is 7.11 Å². The van der Waals surface area contributed by atoms with Crippen molar-refractivity contribution in [3.63, 3.8) is 0 Å². The van der Waals surface area contributed by atoms with Crippen LogP contribution >= 0.6 is 0 Å². The predicted octanol–water partition coefficient (Wildman–Crippen LogP) is 2.08. The van der Waals surface area contributed by atoms with Crippen molar-refractivity contribution >= 4 is 5.82 Å². The second-order valence-corrected chi connectivity index (χ2v) is 2.44. The second kappa shape index (κ2) is 4.11. The van der Waals surface area contributed by atoms with E-state index in [1.807, 2.05) is 0 Å². The van der Waals surface area contributed by atoms with Gasteiger partial charge < -0.3 is 14.9 Å². The Morgan fingerprint density at radius 2 is 2.20 bits per heavy atom. The first kappa shape index (κ1) is 11.2. The SMILES string of the molecule is COc1cc(F)nc([N+](=O)[O-])c1C(F)F. The molecule has 0 amide bonds. The number of aromatic nitrogens is 1. The summed E-state index contributed by atoms with van der Waals surface area (Å²) in [6.07, 6.45) is -3.16. The van der Waals surface area contributed by atoms with Crippen LogP contribution in [0.1, 0.15) is 12.0 Å². The van der Waals surface area contributed by atoms with Gasteiger partial charge in [0.1, 0.15) is 5.75 Å². The van der Waals surface area contributed by atoms with Gasteiger partial charge in [0.15, 0.2) is 5.56 Å². The Morgan fingerprint density at radius 3 is 2.60 bits per heavy atom. The topological polar surface area (TPSA) is 65.3 Å². The lowest BCUT2D eigenvalue weighted by molar-refractivity contribution is -0.391. The molecule has 1 rings (SSSR count). The van der Waals surface area contributed by atoms with Crippen LogP contribution in [0.4, 0.5) is 19.0 Å². The van der Waals surface area contributed by atoms with Gasteiger partial charge in [0.25, 0.3) is 6.43 Å². The zero-order valence-corrected chi connectivity index (χ0v) is 7.41. The van der Waals surface area contributed by atoms with E-state index in [4.69, 9.17) is 0 Å². The number of nitro groups is 1. The Balaban J connectivity index is 3.47. The van der Waals surface area contributed by atoms with Crippen LogP contribution in [0.2, 0.25) is 0 Å². The molecular formula is C7H5F3N2O3. The van der Waals surface area contributed by atoms with E-state index < -0.39 is 34.4 Å². The molecule has 1 aromatic heterocycles. The van der Waals surface area contributed by atoms with Crippen LogP contribution in [-0.2, 0) is 0 Å². The van der Waals surface area contributed by atoms with Crippen LogP contribution in [0.15, 0.2) is 6.07 Å². The highest BCUT2D eigenvalue weighted by Crippen LogP contribution is 2.35. The molecule has 1 aromatic rings. The molecule has 0 bridgehead atoms. The van der Waals surface area contributed by atoms with Gasteiger partial charge in [-0.3, -0.25) is 0 Å². The minimum absolute atomic E-state index is 0.564. The molecule has 0 fully saturated rings. The number of hydrogen-bond acceptors (Lipinski definition) is 4. The minimum atomic E-state index is -3.16. The maximum absolute atomic E-state index is 12.7. The fourth-order valence-corrected chi connectivity index (χ4v) is 1.00. The Morgan fingerprint density at radius 1 is 1.60 bits per heavy atom. The Labute approximate surface area is 81.6 Å². The summed E-state index contributed by atoms with van der Waals surface area (Å²) in [6, 6.07) is 0.564. The standard InChI is InChI=1S/C7H5F3N2O3/c1-15-3-2-4(8)11-7(12(13)14)5(3)6(9)10/h2,6H,1H3. The summed E-state index contributed by atoms with van der Waals surface area (Å²) >= 11 is 0. The van der Waals surface area contributed by atoms with E-state index in [1.54, 1.807) is 0 Å². The largest absolute Gasteiger partial charge is 0.496 e. The third-order valence-electron chi connectivity index (χ3n) is 1.58. The highest BCUT2D eigenvalue weighted by atomic mass is 19.3. The first-order chi connectivity index (χ1) is 6.97. The van der Waals surface area contributed by atoms with E-state index in [9.17, 15) is 23.3 Å². The Kier molecular flexibility index (Phi) is 3.08. The quantitative estimate of drug-likeness (QED) is 0.446. The number of hydrogen-bond donors (Lipinski definition) is 0. The number of alkyl halides is 2. The van der Waals surface area contributed by atoms with Gasteiger partial charge in [0, 0.05) is 0 Å². The molecule has 82 valence electrons. The van der Waals surface area contributed by atoms with Crippen molar-refractivity contribution in [1.29, 1.82) is 0 Å². The molecule has 0 aliphatic rings. The summed E-state index contributed by atoms with van der Waals surface area (Å²) in [5.74, 6) is -3.08. The molecule has 0 aromatic carbocycles. The van der Waals surface area contributed by atoms with Crippen molar-refractivity contribution in [2.45, 2.75) is 6.43 Å². The molecule has 0 aliphatic carbocycles. The van der Waals surface area contributed by atoms with Gasteiger partial charge in [-0.25, -0.2) is 8.78 Å². The predicted molar refractivity (Wildman–Crippen MR) is 42.4 cm³/mol. The van der Waals surface area contributed by atoms with Crippen molar-refractivity contribution in [3.8, 4) is 5.75 Å². The summed E-state index contributed by atoms with van der Waals surface area (Å²) in [5.41, 5.74) is -1.02. The van der Waals surface area contributed by atoms with Gasteiger partial charge in [-0.2, -0.15) is 4.39 Å². The molecule has 5 nitrogen and oxygen atoms in total. The fraction of sp³-hybridized carbons (Fsp3) is 0.286. The molecule has 0 unspecified atom stereocenters. The average molecular weight is 222 g/mol. The van der Waals surface area contributed by atoms with Crippen LogP contribution in [0, 0.1) is 16.1 Å². The number of rotatable bonds is 3. The number of methoxy groups -OCH3 is 1. The number of halogens is 3. The summed E-state index contributed by atoms with van der Waals surface area (Å²) < 4.78 is 41.9. The smallest absolute Gasteiger partial charge is 0.379 e. The van der Waals surface area contributed by atoms with Crippen LogP contribution in [0.3, 0.4) is 0 Å². The average Bonchev–Trinajstić information content (AvgIpc) is 2.15. The molecular weight excluding hydrogens is 217 g/mol. The molecule has 0 atom stereocenters. The van der Waals surface area contributed by atoms with E-state index in [0.29, 0.717) is 6.07 Å². The zero-order valence-electron chi connectivity index (χ0n) is 7.41. The third kappa shape index (κ3) is 2.14. The minimum Gasteiger partial charge on any atom is -0.496 e. The van der Waals surface area contributed by atoms with Gasteiger partial charge in [0.05, 0.1) is 13.2 Å². The molecule has 0 radical (unpaired) electrons. The first-order valence-electron chi connectivity index (χ1n) is 3.64. The van der Waals surface area contributed by atoms with Gasteiger partial charge in [-0.1, -0.05) is 0 Å². The van der Waals surface area contributed by atoms with Crippen LogP contribution in [-0.4, -0.2) is 17.0 Å². The molecule has 0 saturated carbocycles. The van der Waals surface area contributed by atoms with Crippen LogP contribution in [0.5, 0.6) is 5.75 Å². The van der Waals surface area contributed by atoms with Gasteiger partial charge >= 0.3 is 11.8 Å². The summed E-state index contributed by atoms with van der Waals surface area (Å²) in [5, 5.41) is 10.3. The molecule has 8 heteroatoms. The molecule has 0 saturated heterocycles. The first-order valence-corrected chi connectivity index (χ1v) is 3.64. The Bertz CT molecular complexity index is 397. The summed E-state index contributed by atoms with van der Waals surface area (Å²) in [6.45, 7) is 0. The van der Waals surface area contributed by atoms with Crippen LogP contribution < -0.4 is 4.74 Å². The molecule has 15 heavy (non-hydrogen) atoms. The lowest BCUT2D eigenvalue weighted by atomic mass is 10.2. The van der Waals surface area contributed by atoms with Crippen molar-refractivity contribution in [3.05, 3.63) is 27.7 Å². The maximum atomic E-state index is 12.7. The van der Waals surface area contributed by atoms with Crippen molar-refractivity contribution < 1.29 is 22.8 Å². The normalized spacial score (nSPS) is 10.5. The molecule has 1 heterocycles. The maximum Gasteiger partial charge on any atom is 0.379 e. The summed E-state index contributed by atoms with van der Waals surface area (Å²) in [4.78, 5) is 11.9. The fourth-order valence-electron chi connectivity index (χ4n) is 1.00. The van der Waals surface area contributed by atoms with E-state index in [-0.39, 0.29) is 0 Å². The lowest BCUT2D eigenvalue weighted by Crippen LogP contribution is -2.04. The Hall–Kier alpha value is -1.86. The van der Waals surface area contributed by atoms with E-state index in [2.05, 4.69) is 9.72 Å². The van der Waals surface area contributed by atoms with Gasteiger partial charge in [-0.15, -0.1) is 0 Å². The molecule has 0 spiro atoms. The molecule has 0 aliphatic heterocycles.